The summed E-state index contributed by atoms with van der Waals surface area (Å²) in [7, 11) is 0. The summed E-state index contributed by atoms with van der Waals surface area (Å²) in [5, 5.41) is 0. The zero-order valence-electron chi connectivity index (χ0n) is 10.7. The average Bonchev–Trinajstić information content (AvgIpc) is 2.62. The van der Waals surface area contributed by atoms with E-state index in [4.69, 9.17) is 5.73 Å². The summed E-state index contributed by atoms with van der Waals surface area (Å²) in [6.45, 7) is 3.21. The van der Waals surface area contributed by atoms with Gasteiger partial charge in [0.1, 0.15) is 0 Å². The van der Waals surface area contributed by atoms with Gasteiger partial charge in [-0.15, -0.1) is 0 Å². The summed E-state index contributed by atoms with van der Waals surface area (Å²) >= 11 is 0. The molecule has 1 fully saturated rings. The number of hydrogen-bond donors (Lipinski definition) is 1. The lowest BCUT2D eigenvalue weighted by atomic mass is 10.1. The molecule has 2 heterocycles. The molecule has 2 amide bonds. The number of likely N-dealkylation sites (tertiary alicyclic amines) is 1. The number of hydrogen-bond acceptors (Lipinski definition) is 4. The molecule has 0 saturated carbocycles. The van der Waals surface area contributed by atoms with E-state index in [1.165, 1.54) is 4.90 Å². The Morgan fingerprint density at radius 2 is 1.63 bits per heavy atom. The van der Waals surface area contributed by atoms with Gasteiger partial charge in [-0.05, 0) is 25.1 Å². The summed E-state index contributed by atoms with van der Waals surface area (Å²) in [6, 6.07) is 7.29. The van der Waals surface area contributed by atoms with E-state index >= 15 is 0 Å². The highest BCUT2D eigenvalue weighted by atomic mass is 16.2. The number of carbonyl (C=O) groups excluding carboxylic acids is 2. The fourth-order valence-corrected chi connectivity index (χ4v) is 2.69. The molecule has 0 spiro atoms. The van der Waals surface area contributed by atoms with Crippen LogP contribution < -0.4 is 5.73 Å². The first-order valence-electron chi connectivity index (χ1n) is 6.60. The summed E-state index contributed by atoms with van der Waals surface area (Å²) in [4.78, 5) is 27.8. The Balaban J connectivity index is 1.58. The van der Waals surface area contributed by atoms with Crippen LogP contribution in [0, 0.1) is 0 Å². The number of fused-ring (bicyclic) bond motifs is 1. The molecule has 1 aromatic rings. The summed E-state index contributed by atoms with van der Waals surface area (Å²) in [5.41, 5.74) is 6.76. The predicted molar refractivity (Wildman–Crippen MR) is 70.8 cm³/mol. The predicted octanol–water partition coefficient (Wildman–Crippen LogP) is 0.316. The third-order valence-electron chi connectivity index (χ3n) is 3.72. The van der Waals surface area contributed by atoms with Gasteiger partial charge in [-0.2, -0.15) is 0 Å². The van der Waals surface area contributed by atoms with Gasteiger partial charge in [-0.25, -0.2) is 0 Å². The minimum Gasteiger partial charge on any atom is -0.325 e. The van der Waals surface area contributed by atoms with E-state index < -0.39 is 0 Å². The first-order chi connectivity index (χ1) is 9.16. The van der Waals surface area contributed by atoms with Gasteiger partial charge in [0.15, 0.2) is 0 Å². The lowest BCUT2D eigenvalue weighted by molar-refractivity contribution is 0.0638. The molecule has 5 heteroatoms. The largest absolute Gasteiger partial charge is 0.325 e. The summed E-state index contributed by atoms with van der Waals surface area (Å²) in [6.07, 6.45) is 0.804. The van der Waals surface area contributed by atoms with Crippen LogP contribution >= 0.6 is 0 Å². The van der Waals surface area contributed by atoms with Crippen LogP contribution in [0.5, 0.6) is 0 Å². The molecule has 5 nitrogen and oxygen atoms in total. The van der Waals surface area contributed by atoms with Gasteiger partial charge in [0, 0.05) is 25.7 Å². The molecule has 1 saturated heterocycles. The second-order valence-electron chi connectivity index (χ2n) is 5.18. The highest BCUT2D eigenvalue weighted by molar-refractivity contribution is 6.21. The third-order valence-corrected chi connectivity index (χ3v) is 3.72. The standard InChI is InChI=1S/C14H17N3O2/c15-10-8-16(9-10)6-3-7-17-13(18)11-4-1-2-5-12(11)14(17)19/h1-2,4-5,10H,3,6-9,15H2. The van der Waals surface area contributed by atoms with E-state index in [-0.39, 0.29) is 11.8 Å². The van der Waals surface area contributed by atoms with Crippen molar-refractivity contribution in [1.82, 2.24) is 9.80 Å². The van der Waals surface area contributed by atoms with Crippen LogP contribution in [0.25, 0.3) is 0 Å². The number of nitrogens with two attached hydrogens (primary N) is 1. The molecule has 0 atom stereocenters. The minimum atomic E-state index is -0.166. The average molecular weight is 259 g/mol. The number of amides is 2. The van der Waals surface area contributed by atoms with Crippen LogP contribution in [0.4, 0.5) is 0 Å². The van der Waals surface area contributed by atoms with Gasteiger partial charge in [0.25, 0.3) is 11.8 Å². The molecular weight excluding hydrogens is 242 g/mol. The second kappa shape index (κ2) is 4.75. The lowest BCUT2D eigenvalue weighted by Crippen LogP contribution is -2.56. The van der Waals surface area contributed by atoms with Crippen molar-refractivity contribution in [1.29, 1.82) is 0 Å². The van der Waals surface area contributed by atoms with E-state index in [1.807, 2.05) is 0 Å². The molecule has 2 aliphatic rings. The molecule has 0 aromatic heterocycles. The lowest BCUT2D eigenvalue weighted by Gasteiger charge is -2.37. The molecule has 100 valence electrons. The zero-order chi connectivity index (χ0) is 13.4. The number of benzene rings is 1. The molecule has 0 radical (unpaired) electrons. The maximum atomic E-state index is 12.1. The van der Waals surface area contributed by atoms with E-state index in [0.717, 1.165) is 26.1 Å². The number of carbonyl (C=O) groups is 2. The Morgan fingerprint density at radius 1 is 1.05 bits per heavy atom. The highest BCUT2D eigenvalue weighted by Gasteiger charge is 2.34. The van der Waals surface area contributed by atoms with Crippen molar-refractivity contribution in [3.63, 3.8) is 0 Å². The zero-order valence-corrected chi connectivity index (χ0v) is 10.7. The van der Waals surface area contributed by atoms with Gasteiger partial charge >= 0.3 is 0 Å². The molecule has 2 aliphatic heterocycles. The van der Waals surface area contributed by atoms with Crippen LogP contribution in [0.2, 0.25) is 0 Å². The Morgan fingerprint density at radius 3 is 2.16 bits per heavy atom. The number of imide groups is 1. The Hall–Kier alpha value is -1.72. The van der Waals surface area contributed by atoms with E-state index in [1.54, 1.807) is 24.3 Å². The molecule has 3 rings (SSSR count). The van der Waals surface area contributed by atoms with Gasteiger partial charge < -0.3 is 10.6 Å². The smallest absolute Gasteiger partial charge is 0.261 e. The Kier molecular flexibility index (Phi) is 3.08. The van der Waals surface area contributed by atoms with Crippen LogP contribution in [0.1, 0.15) is 27.1 Å². The summed E-state index contributed by atoms with van der Waals surface area (Å²) < 4.78 is 0. The Labute approximate surface area is 112 Å². The van der Waals surface area contributed by atoms with Crippen molar-refractivity contribution < 1.29 is 9.59 Å². The second-order valence-corrected chi connectivity index (χ2v) is 5.18. The van der Waals surface area contributed by atoms with Crippen molar-refractivity contribution in [2.24, 2.45) is 5.73 Å². The van der Waals surface area contributed by atoms with Crippen LogP contribution in [0.15, 0.2) is 24.3 Å². The molecule has 0 unspecified atom stereocenters. The van der Waals surface area contributed by atoms with E-state index in [9.17, 15) is 9.59 Å². The normalized spacial score (nSPS) is 19.7. The fraction of sp³-hybridized carbons (Fsp3) is 0.429. The topological polar surface area (TPSA) is 66.6 Å². The molecule has 19 heavy (non-hydrogen) atoms. The van der Waals surface area contributed by atoms with Gasteiger partial charge in [-0.3, -0.25) is 14.5 Å². The SMILES string of the molecule is NC1CN(CCCN2C(=O)c3ccccc3C2=O)C1. The van der Waals surface area contributed by atoms with Crippen molar-refractivity contribution >= 4 is 11.8 Å². The first kappa shape index (κ1) is 12.3. The van der Waals surface area contributed by atoms with Crippen LogP contribution in [-0.4, -0.2) is 53.8 Å². The monoisotopic (exact) mass is 259 g/mol. The van der Waals surface area contributed by atoms with Crippen LogP contribution in [-0.2, 0) is 0 Å². The number of rotatable bonds is 4. The quantitative estimate of drug-likeness (QED) is 0.791. The van der Waals surface area contributed by atoms with Crippen molar-refractivity contribution in [3.05, 3.63) is 35.4 Å². The molecular formula is C14H17N3O2. The highest BCUT2D eigenvalue weighted by Crippen LogP contribution is 2.22. The van der Waals surface area contributed by atoms with Crippen molar-refractivity contribution in [2.75, 3.05) is 26.2 Å². The van der Waals surface area contributed by atoms with E-state index in [2.05, 4.69) is 4.90 Å². The van der Waals surface area contributed by atoms with Gasteiger partial charge in [0.2, 0.25) is 0 Å². The van der Waals surface area contributed by atoms with Crippen molar-refractivity contribution in [3.8, 4) is 0 Å². The molecule has 0 aliphatic carbocycles. The summed E-state index contributed by atoms with van der Waals surface area (Å²) in [5.74, 6) is -0.332. The van der Waals surface area contributed by atoms with Crippen molar-refractivity contribution in [2.45, 2.75) is 12.5 Å². The molecule has 2 N–H and O–H groups in total. The molecule has 0 bridgehead atoms. The molecule has 1 aromatic carbocycles. The Bertz CT molecular complexity index is 488. The fourth-order valence-electron chi connectivity index (χ4n) is 2.69. The third kappa shape index (κ3) is 2.15. The first-order valence-corrected chi connectivity index (χ1v) is 6.60. The van der Waals surface area contributed by atoms with Gasteiger partial charge in [0.05, 0.1) is 11.1 Å². The van der Waals surface area contributed by atoms with Crippen LogP contribution in [0.3, 0.4) is 0 Å². The maximum Gasteiger partial charge on any atom is 0.261 e. The minimum absolute atomic E-state index is 0.166. The van der Waals surface area contributed by atoms with Gasteiger partial charge in [-0.1, -0.05) is 12.1 Å². The maximum absolute atomic E-state index is 12.1. The number of nitrogens with zero attached hydrogens (tertiary/aromatic N) is 2. The van der Waals surface area contributed by atoms with E-state index in [0.29, 0.717) is 23.7 Å².